The van der Waals surface area contributed by atoms with Gasteiger partial charge in [0.2, 0.25) is 11.8 Å². The number of amides is 4. The normalized spacial score (nSPS) is 15.9. The quantitative estimate of drug-likeness (QED) is 0.107. The second-order valence-corrected chi connectivity index (χ2v) is 16.0. The first-order chi connectivity index (χ1) is 28.4. The average Bonchev–Trinajstić information content (AvgIpc) is 4.01. The first-order valence-corrected chi connectivity index (χ1v) is 20.5. The van der Waals surface area contributed by atoms with Crippen molar-refractivity contribution < 1.29 is 28.7 Å². The zero-order chi connectivity index (χ0) is 42.2. The van der Waals surface area contributed by atoms with Crippen LogP contribution in [0.5, 0.6) is 0 Å². The number of hydrogen-bond donors (Lipinski definition) is 4. The second-order valence-electron chi connectivity index (χ2n) is 16.0. The highest BCUT2D eigenvalue weighted by Crippen LogP contribution is 2.38. The average molecular weight is 805 g/mol. The van der Waals surface area contributed by atoms with Gasteiger partial charge in [-0.15, -0.1) is 12.3 Å². The molecule has 2 aromatic heterocycles. The van der Waals surface area contributed by atoms with Crippen LogP contribution >= 0.6 is 0 Å². The molecule has 0 saturated carbocycles. The van der Waals surface area contributed by atoms with Crippen molar-refractivity contribution in [2.24, 2.45) is 11.8 Å². The highest BCUT2D eigenvalue weighted by atomic mass is 16.5. The molecule has 4 aromatic rings. The third kappa shape index (κ3) is 9.79. The standard InChI is InChI=1S/C45H56N8O6/c1-8-9-22-52(42(54)38(27(2)3)50-44(56)58-6)26-37-46-25-35(47-37)30-18-16-29(17-19-30)31-20-21-33-32(24-31)13-10-11-14-34-40(33)49-41(48-34)36-15-12-23-53(36)43(55)39(28(4)5)51-45(57)59-7/h1,16-21,24-25,27-28,36,38-39H,9-15,22-23,26H2,2-7H3,(H,46,47)(H,48,49)(H,50,56)(H,51,57)/t36-,38-,39-/m0/s1. The molecule has 2 aliphatic rings. The maximum absolute atomic E-state index is 13.8. The van der Waals surface area contributed by atoms with Crippen LogP contribution in [0.4, 0.5) is 9.59 Å². The largest absolute Gasteiger partial charge is 0.453 e. The number of aromatic amines is 2. The Morgan fingerprint density at radius 2 is 1.56 bits per heavy atom. The molecule has 1 fully saturated rings. The highest BCUT2D eigenvalue weighted by Gasteiger charge is 2.38. The lowest BCUT2D eigenvalue weighted by Crippen LogP contribution is -2.51. The van der Waals surface area contributed by atoms with Crippen molar-refractivity contribution in [3.63, 3.8) is 0 Å². The van der Waals surface area contributed by atoms with Crippen molar-refractivity contribution in [2.45, 2.75) is 97.3 Å². The molecular formula is C45H56N8O6. The number of ether oxygens (including phenoxy) is 2. The number of rotatable bonds is 13. The summed E-state index contributed by atoms with van der Waals surface area (Å²) < 4.78 is 9.55. The van der Waals surface area contributed by atoms with Crippen molar-refractivity contribution in [2.75, 3.05) is 27.3 Å². The van der Waals surface area contributed by atoms with E-state index in [4.69, 9.17) is 20.9 Å². The molecule has 4 N–H and O–H groups in total. The molecule has 4 amide bonds. The number of nitrogens with one attached hydrogen (secondary N) is 4. The summed E-state index contributed by atoms with van der Waals surface area (Å²) in [5.74, 6) is 3.32. The van der Waals surface area contributed by atoms with Gasteiger partial charge in [0.05, 0.1) is 44.4 Å². The number of H-pyrrole nitrogens is 2. The molecule has 1 aliphatic carbocycles. The van der Waals surface area contributed by atoms with Gasteiger partial charge in [-0.2, -0.15) is 0 Å². The minimum absolute atomic E-state index is 0.108. The van der Waals surface area contributed by atoms with E-state index < -0.39 is 24.3 Å². The van der Waals surface area contributed by atoms with E-state index in [2.05, 4.69) is 74.0 Å². The van der Waals surface area contributed by atoms with Gasteiger partial charge in [0.25, 0.3) is 0 Å². The van der Waals surface area contributed by atoms with Crippen LogP contribution in [0.2, 0.25) is 0 Å². The Morgan fingerprint density at radius 3 is 2.24 bits per heavy atom. The van der Waals surface area contributed by atoms with Crippen molar-refractivity contribution in [3.05, 3.63) is 71.6 Å². The number of carbonyl (C=O) groups is 4. The molecule has 59 heavy (non-hydrogen) atoms. The van der Waals surface area contributed by atoms with Crippen LogP contribution in [0.15, 0.2) is 48.7 Å². The van der Waals surface area contributed by atoms with Crippen LogP contribution in [-0.4, -0.2) is 93.1 Å². The van der Waals surface area contributed by atoms with Crippen LogP contribution in [0.1, 0.15) is 88.7 Å². The Bertz CT molecular complexity index is 2170. The summed E-state index contributed by atoms with van der Waals surface area (Å²) in [5.41, 5.74) is 8.30. The number of carbonyl (C=O) groups excluding carboxylic acids is 4. The third-order valence-electron chi connectivity index (χ3n) is 11.3. The van der Waals surface area contributed by atoms with Crippen LogP contribution in [-0.2, 0) is 38.4 Å². The van der Waals surface area contributed by atoms with Gasteiger partial charge in [-0.05, 0) is 72.6 Å². The molecule has 0 bridgehead atoms. The molecule has 1 aliphatic heterocycles. The number of likely N-dealkylation sites (tertiary alicyclic amines) is 1. The number of benzene rings is 2. The predicted molar refractivity (Wildman–Crippen MR) is 225 cm³/mol. The van der Waals surface area contributed by atoms with E-state index in [9.17, 15) is 19.2 Å². The topological polar surface area (TPSA) is 175 Å². The zero-order valence-electron chi connectivity index (χ0n) is 34.9. The van der Waals surface area contributed by atoms with Gasteiger partial charge < -0.3 is 39.9 Å². The van der Waals surface area contributed by atoms with E-state index in [-0.39, 0.29) is 36.2 Å². The molecule has 0 unspecified atom stereocenters. The molecule has 1 saturated heterocycles. The Labute approximate surface area is 346 Å². The SMILES string of the molecule is C#CCCN(Cc1ncc(-c2ccc(-c3ccc4c(c3)CCCCc3[nH]c([C@@H]5CCCN5C(=O)[C@@H](NC(=O)OC)C(C)C)nc3-4)cc2)[nH]1)C(=O)[C@@H](NC(=O)OC)C(C)C. The minimum Gasteiger partial charge on any atom is -0.453 e. The molecule has 3 heterocycles. The molecule has 14 nitrogen and oxygen atoms in total. The van der Waals surface area contributed by atoms with Crippen molar-refractivity contribution in [1.29, 1.82) is 0 Å². The van der Waals surface area contributed by atoms with Gasteiger partial charge in [0.1, 0.15) is 23.7 Å². The number of aryl methyl sites for hydroxylation is 2. The summed E-state index contributed by atoms with van der Waals surface area (Å²) in [4.78, 5) is 71.6. The van der Waals surface area contributed by atoms with Crippen LogP contribution < -0.4 is 10.6 Å². The molecule has 6 rings (SSSR count). The van der Waals surface area contributed by atoms with Crippen molar-refractivity contribution in [3.8, 4) is 46.0 Å². The lowest BCUT2D eigenvalue weighted by Gasteiger charge is -2.30. The summed E-state index contributed by atoms with van der Waals surface area (Å²) in [5, 5.41) is 5.38. The first kappa shape index (κ1) is 42.5. The molecule has 14 heteroatoms. The Morgan fingerprint density at radius 1 is 0.898 bits per heavy atom. The van der Waals surface area contributed by atoms with E-state index in [0.717, 1.165) is 83.7 Å². The molecule has 0 radical (unpaired) electrons. The summed E-state index contributed by atoms with van der Waals surface area (Å²) in [6.45, 7) is 8.66. The third-order valence-corrected chi connectivity index (χ3v) is 11.3. The fourth-order valence-corrected chi connectivity index (χ4v) is 7.99. The van der Waals surface area contributed by atoms with E-state index in [1.807, 2.05) is 32.6 Å². The van der Waals surface area contributed by atoms with Gasteiger partial charge in [-0.3, -0.25) is 9.59 Å². The monoisotopic (exact) mass is 804 g/mol. The Balaban J connectivity index is 1.19. The lowest BCUT2D eigenvalue weighted by molar-refractivity contribution is -0.136. The van der Waals surface area contributed by atoms with Crippen molar-refractivity contribution >= 4 is 24.0 Å². The molecule has 312 valence electrons. The first-order valence-electron chi connectivity index (χ1n) is 20.5. The number of fused-ring (bicyclic) bond motifs is 3. The number of methoxy groups -OCH3 is 2. The maximum atomic E-state index is 13.8. The van der Waals surface area contributed by atoms with Gasteiger partial charge in [-0.1, -0.05) is 70.2 Å². The maximum Gasteiger partial charge on any atom is 0.407 e. The van der Waals surface area contributed by atoms with Crippen LogP contribution in [0.3, 0.4) is 0 Å². The minimum atomic E-state index is -0.777. The van der Waals surface area contributed by atoms with Gasteiger partial charge in [0.15, 0.2) is 0 Å². The zero-order valence-corrected chi connectivity index (χ0v) is 34.9. The smallest absolute Gasteiger partial charge is 0.407 e. The van der Waals surface area contributed by atoms with E-state index in [1.165, 1.54) is 19.8 Å². The van der Waals surface area contributed by atoms with Gasteiger partial charge >= 0.3 is 12.2 Å². The number of aromatic nitrogens is 4. The van der Waals surface area contributed by atoms with Crippen molar-refractivity contribution in [1.82, 2.24) is 40.4 Å². The second kappa shape index (κ2) is 19.1. The lowest BCUT2D eigenvalue weighted by atomic mass is 9.90. The summed E-state index contributed by atoms with van der Waals surface area (Å²) in [6, 6.07) is 13.2. The van der Waals surface area contributed by atoms with E-state index in [0.29, 0.717) is 25.3 Å². The van der Waals surface area contributed by atoms with Crippen LogP contribution in [0.25, 0.3) is 33.6 Å². The summed E-state index contributed by atoms with van der Waals surface area (Å²) in [6.07, 6.45) is 11.9. The van der Waals surface area contributed by atoms with Gasteiger partial charge in [-0.25, -0.2) is 19.6 Å². The number of imidazole rings is 2. The number of terminal acetylenes is 1. The fraction of sp³-hybridized carbons (Fsp3) is 0.467. The summed E-state index contributed by atoms with van der Waals surface area (Å²) >= 11 is 0. The molecule has 3 atom stereocenters. The molecule has 0 spiro atoms. The highest BCUT2D eigenvalue weighted by molar-refractivity contribution is 5.87. The number of nitrogens with zero attached hydrogens (tertiary/aromatic N) is 4. The van der Waals surface area contributed by atoms with E-state index >= 15 is 0 Å². The Kier molecular flexibility index (Phi) is 13.8. The number of hydrogen-bond acceptors (Lipinski definition) is 8. The summed E-state index contributed by atoms with van der Waals surface area (Å²) in [7, 11) is 2.56. The van der Waals surface area contributed by atoms with E-state index in [1.54, 1.807) is 11.1 Å². The van der Waals surface area contributed by atoms with Gasteiger partial charge in [0, 0.05) is 30.8 Å². The number of alkyl carbamates (subject to hydrolysis) is 2. The molecular weight excluding hydrogens is 749 g/mol. The molecule has 2 aromatic carbocycles. The fourth-order valence-electron chi connectivity index (χ4n) is 7.99. The predicted octanol–water partition coefficient (Wildman–Crippen LogP) is 6.79. The van der Waals surface area contributed by atoms with Crippen LogP contribution in [0, 0.1) is 24.2 Å². The Hall–Kier alpha value is -6.10.